The van der Waals surface area contributed by atoms with Crippen LogP contribution in [-0.4, -0.2) is 34.8 Å². The largest absolute Gasteiger partial charge is 0.355 e. The van der Waals surface area contributed by atoms with Crippen molar-refractivity contribution in [3.63, 3.8) is 0 Å². The molecule has 1 unspecified atom stereocenters. The molecule has 3 aromatic rings. The van der Waals surface area contributed by atoms with Crippen LogP contribution in [0.25, 0.3) is 0 Å². The van der Waals surface area contributed by atoms with Gasteiger partial charge in [0.25, 0.3) is 5.91 Å². The summed E-state index contributed by atoms with van der Waals surface area (Å²) in [7, 11) is 0. The summed E-state index contributed by atoms with van der Waals surface area (Å²) in [5, 5.41) is 6.19. The molecule has 158 valence electrons. The summed E-state index contributed by atoms with van der Waals surface area (Å²) in [4.78, 5) is 32.0. The second-order valence-electron chi connectivity index (χ2n) is 7.48. The van der Waals surface area contributed by atoms with E-state index in [1.165, 1.54) is 0 Å². The number of carbonyl (C=O) groups excluding carboxylic acids is 2. The molecule has 1 aromatic heterocycles. The maximum atomic E-state index is 13.3. The quantitative estimate of drug-likeness (QED) is 0.536. The highest BCUT2D eigenvalue weighted by Crippen LogP contribution is 2.25. The SMILES string of the molecule is O=C(Nc1ccc(Br)cn1)C1CCCN(C(=O)c2ccccc2Nc2ccccc2)C1. The van der Waals surface area contributed by atoms with E-state index in [0.29, 0.717) is 24.5 Å². The van der Waals surface area contributed by atoms with Crippen molar-refractivity contribution in [2.75, 3.05) is 23.7 Å². The van der Waals surface area contributed by atoms with Crippen molar-refractivity contribution in [1.29, 1.82) is 0 Å². The van der Waals surface area contributed by atoms with Crippen molar-refractivity contribution in [1.82, 2.24) is 9.88 Å². The van der Waals surface area contributed by atoms with Crippen LogP contribution in [0, 0.1) is 5.92 Å². The standard InChI is InChI=1S/C24H23BrN4O2/c25-18-12-13-22(26-15-18)28-23(30)17-7-6-14-29(16-17)24(31)20-10-4-5-11-21(20)27-19-8-2-1-3-9-19/h1-5,8-13,15,17,27H,6-7,14,16H2,(H,26,28,30). The molecule has 1 fully saturated rings. The molecule has 2 heterocycles. The van der Waals surface area contributed by atoms with E-state index in [1.807, 2.05) is 60.7 Å². The lowest BCUT2D eigenvalue weighted by atomic mass is 9.96. The fraction of sp³-hybridized carbons (Fsp3) is 0.208. The molecule has 6 nitrogen and oxygen atoms in total. The zero-order chi connectivity index (χ0) is 21.6. The number of nitrogens with one attached hydrogen (secondary N) is 2. The van der Waals surface area contributed by atoms with Gasteiger partial charge in [-0.3, -0.25) is 9.59 Å². The number of likely N-dealkylation sites (tertiary alicyclic amines) is 1. The van der Waals surface area contributed by atoms with Gasteiger partial charge in [0.15, 0.2) is 0 Å². The first-order chi connectivity index (χ1) is 15.1. The number of anilines is 3. The monoisotopic (exact) mass is 478 g/mol. The Balaban J connectivity index is 1.45. The van der Waals surface area contributed by atoms with Gasteiger partial charge >= 0.3 is 0 Å². The first-order valence-corrected chi connectivity index (χ1v) is 11.0. The lowest BCUT2D eigenvalue weighted by molar-refractivity contribution is -0.121. The third-order valence-electron chi connectivity index (χ3n) is 5.27. The molecule has 0 saturated carbocycles. The summed E-state index contributed by atoms with van der Waals surface area (Å²) in [6, 6.07) is 20.8. The number of piperidine rings is 1. The predicted octanol–water partition coefficient (Wildman–Crippen LogP) is 5.08. The number of nitrogens with zero attached hydrogens (tertiary/aromatic N) is 2. The summed E-state index contributed by atoms with van der Waals surface area (Å²) in [6.07, 6.45) is 3.17. The molecule has 0 radical (unpaired) electrons. The van der Waals surface area contributed by atoms with Crippen LogP contribution in [0.15, 0.2) is 77.4 Å². The zero-order valence-corrected chi connectivity index (χ0v) is 18.5. The van der Waals surface area contributed by atoms with Crippen molar-refractivity contribution in [2.45, 2.75) is 12.8 Å². The number of carbonyl (C=O) groups is 2. The van der Waals surface area contributed by atoms with Crippen LogP contribution in [0.5, 0.6) is 0 Å². The molecule has 1 aliphatic heterocycles. The molecule has 2 N–H and O–H groups in total. The fourth-order valence-electron chi connectivity index (χ4n) is 3.68. The normalized spacial score (nSPS) is 15.9. The number of rotatable bonds is 5. The van der Waals surface area contributed by atoms with Gasteiger partial charge in [0.2, 0.25) is 5.91 Å². The van der Waals surface area contributed by atoms with Crippen molar-refractivity contribution in [3.8, 4) is 0 Å². The van der Waals surface area contributed by atoms with Gasteiger partial charge in [-0.1, -0.05) is 30.3 Å². The minimum Gasteiger partial charge on any atom is -0.355 e. The number of aromatic nitrogens is 1. The molecular formula is C24H23BrN4O2. The van der Waals surface area contributed by atoms with Gasteiger partial charge in [0, 0.05) is 29.4 Å². The highest BCUT2D eigenvalue weighted by Gasteiger charge is 2.30. The average Bonchev–Trinajstić information content (AvgIpc) is 2.81. The Hall–Kier alpha value is -3.19. The number of hydrogen-bond acceptors (Lipinski definition) is 4. The van der Waals surface area contributed by atoms with Gasteiger partial charge in [-0.15, -0.1) is 0 Å². The first-order valence-electron chi connectivity index (χ1n) is 10.2. The van der Waals surface area contributed by atoms with E-state index in [2.05, 4.69) is 31.5 Å². The van der Waals surface area contributed by atoms with Crippen molar-refractivity contribution < 1.29 is 9.59 Å². The second kappa shape index (κ2) is 9.75. The Labute approximate surface area is 189 Å². The molecule has 0 spiro atoms. The number of pyridine rings is 1. The summed E-state index contributed by atoms with van der Waals surface area (Å²) in [5.74, 6) is 0.0627. The van der Waals surface area contributed by atoms with E-state index in [0.717, 1.165) is 28.7 Å². The molecule has 1 saturated heterocycles. The lowest BCUT2D eigenvalue weighted by Gasteiger charge is -2.32. The van der Waals surface area contributed by atoms with Gasteiger partial charge in [0.1, 0.15) is 5.82 Å². The van der Waals surface area contributed by atoms with Crippen LogP contribution in [0.3, 0.4) is 0 Å². The smallest absolute Gasteiger partial charge is 0.255 e. The van der Waals surface area contributed by atoms with E-state index in [1.54, 1.807) is 17.2 Å². The third-order valence-corrected chi connectivity index (χ3v) is 5.74. The Morgan fingerprint density at radius 1 is 1.00 bits per heavy atom. The number of halogens is 1. The van der Waals surface area contributed by atoms with Gasteiger partial charge in [-0.25, -0.2) is 4.98 Å². The second-order valence-corrected chi connectivity index (χ2v) is 8.39. The molecule has 1 aliphatic rings. The van der Waals surface area contributed by atoms with Crippen molar-refractivity contribution in [3.05, 3.63) is 83.0 Å². The number of amides is 2. The lowest BCUT2D eigenvalue weighted by Crippen LogP contribution is -2.44. The fourth-order valence-corrected chi connectivity index (χ4v) is 3.91. The van der Waals surface area contributed by atoms with E-state index in [-0.39, 0.29) is 17.7 Å². The summed E-state index contributed by atoms with van der Waals surface area (Å²) in [6.45, 7) is 1.03. The van der Waals surface area contributed by atoms with E-state index in [4.69, 9.17) is 0 Å². The zero-order valence-electron chi connectivity index (χ0n) is 16.9. The van der Waals surface area contributed by atoms with Crippen LogP contribution in [0.2, 0.25) is 0 Å². The molecule has 1 atom stereocenters. The van der Waals surface area contributed by atoms with Gasteiger partial charge in [0.05, 0.1) is 17.2 Å². The number of hydrogen-bond donors (Lipinski definition) is 2. The molecule has 2 amide bonds. The topological polar surface area (TPSA) is 74.3 Å². The average molecular weight is 479 g/mol. The van der Waals surface area contributed by atoms with Crippen molar-refractivity contribution in [2.24, 2.45) is 5.92 Å². The van der Waals surface area contributed by atoms with Crippen LogP contribution in [-0.2, 0) is 4.79 Å². The summed E-state index contributed by atoms with van der Waals surface area (Å²) in [5.41, 5.74) is 2.27. The Morgan fingerprint density at radius 3 is 2.55 bits per heavy atom. The Bertz CT molecular complexity index is 1060. The molecule has 2 aromatic carbocycles. The van der Waals surface area contributed by atoms with E-state index >= 15 is 0 Å². The predicted molar refractivity (Wildman–Crippen MR) is 125 cm³/mol. The highest BCUT2D eigenvalue weighted by atomic mass is 79.9. The van der Waals surface area contributed by atoms with Crippen LogP contribution in [0.4, 0.5) is 17.2 Å². The van der Waals surface area contributed by atoms with E-state index < -0.39 is 0 Å². The maximum absolute atomic E-state index is 13.3. The van der Waals surface area contributed by atoms with Gasteiger partial charge in [-0.05, 0) is 65.2 Å². The van der Waals surface area contributed by atoms with Gasteiger partial charge < -0.3 is 15.5 Å². The minimum absolute atomic E-state index is 0.0710. The van der Waals surface area contributed by atoms with Gasteiger partial charge in [-0.2, -0.15) is 0 Å². The number of para-hydroxylation sites is 2. The van der Waals surface area contributed by atoms with Crippen LogP contribution in [0.1, 0.15) is 23.2 Å². The number of benzene rings is 2. The van der Waals surface area contributed by atoms with Crippen LogP contribution >= 0.6 is 15.9 Å². The van der Waals surface area contributed by atoms with Crippen LogP contribution < -0.4 is 10.6 Å². The molecule has 4 rings (SSSR count). The molecule has 31 heavy (non-hydrogen) atoms. The Kier molecular flexibility index (Phi) is 6.62. The van der Waals surface area contributed by atoms with E-state index in [9.17, 15) is 9.59 Å². The Morgan fingerprint density at radius 2 is 1.77 bits per heavy atom. The molecule has 0 bridgehead atoms. The third kappa shape index (κ3) is 5.30. The summed E-state index contributed by atoms with van der Waals surface area (Å²) >= 11 is 3.34. The van der Waals surface area contributed by atoms with Crippen molar-refractivity contribution >= 4 is 44.9 Å². The molecule has 7 heteroatoms. The minimum atomic E-state index is -0.266. The molecular weight excluding hydrogens is 456 g/mol. The molecule has 0 aliphatic carbocycles. The summed E-state index contributed by atoms with van der Waals surface area (Å²) < 4.78 is 0.850. The maximum Gasteiger partial charge on any atom is 0.255 e. The highest BCUT2D eigenvalue weighted by molar-refractivity contribution is 9.10. The first kappa shape index (κ1) is 21.1.